The summed E-state index contributed by atoms with van der Waals surface area (Å²) in [5.41, 5.74) is 0.872. The highest BCUT2D eigenvalue weighted by Gasteiger charge is 2.14. The van der Waals surface area contributed by atoms with Crippen LogP contribution in [0.5, 0.6) is 5.75 Å². The van der Waals surface area contributed by atoms with Crippen LogP contribution >= 0.6 is 0 Å². The fourth-order valence-electron chi connectivity index (χ4n) is 3.50. The minimum atomic E-state index is -0.602. The standard InChI is InChI=1S/C13H21NO2.C11H14O3.C4H10O2/c1-3-15-11(2)16-13(10-14)9-8-12-6-4-5-7-12;1-14-11(13)8-4-6-9-5-2-3-7-10(9)12;1-3-6-4(2)5/h8-9,11-13H,3-7H2,1-2H3;2-3,5,7,12H,4,6,8H2,1H3;4-5H,3H2,1-2H3/b9-8+;;. The number of ether oxygens (including phenoxy) is 4. The summed E-state index contributed by atoms with van der Waals surface area (Å²) >= 11 is 0. The number of allylic oxidation sites excluding steroid dienone is 1. The van der Waals surface area contributed by atoms with Crippen molar-refractivity contribution in [2.75, 3.05) is 20.3 Å². The van der Waals surface area contributed by atoms with Gasteiger partial charge >= 0.3 is 5.97 Å². The fourth-order valence-corrected chi connectivity index (χ4v) is 3.50. The average Bonchev–Trinajstić information content (AvgIpc) is 3.37. The topological polar surface area (TPSA) is 118 Å². The molecule has 36 heavy (non-hydrogen) atoms. The van der Waals surface area contributed by atoms with Crippen LogP contribution in [-0.4, -0.2) is 55.2 Å². The highest BCUT2D eigenvalue weighted by molar-refractivity contribution is 5.69. The molecule has 1 fully saturated rings. The monoisotopic (exact) mass is 507 g/mol. The van der Waals surface area contributed by atoms with Gasteiger partial charge in [0.25, 0.3) is 0 Å². The van der Waals surface area contributed by atoms with E-state index >= 15 is 0 Å². The average molecular weight is 508 g/mol. The number of benzene rings is 1. The normalized spacial score (nSPS) is 15.6. The molecule has 0 radical (unpaired) electrons. The molecular weight excluding hydrogens is 462 g/mol. The number of phenols is 1. The quantitative estimate of drug-likeness (QED) is 0.223. The maximum Gasteiger partial charge on any atom is 0.305 e. The van der Waals surface area contributed by atoms with Crippen LogP contribution in [0.2, 0.25) is 0 Å². The predicted octanol–water partition coefficient (Wildman–Crippen LogP) is 5.27. The number of aliphatic hydroxyl groups is 1. The van der Waals surface area contributed by atoms with Crippen LogP contribution in [0.1, 0.15) is 71.8 Å². The molecule has 1 saturated carbocycles. The van der Waals surface area contributed by atoms with E-state index in [4.69, 9.17) is 19.8 Å². The zero-order valence-electron chi connectivity index (χ0n) is 22.5. The molecule has 2 N–H and O–H groups in total. The molecule has 0 aliphatic heterocycles. The molecule has 2 rings (SSSR count). The highest BCUT2D eigenvalue weighted by atomic mass is 16.7. The first-order chi connectivity index (χ1) is 17.3. The Bertz CT molecular complexity index is 755. The molecule has 1 aromatic carbocycles. The Balaban J connectivity index is 0.000000561. The van der Waals surface area contributed by atoms with Crippen molar-refractivity contribution in [1.29, 1.82) is 5.26 Å². The lowest BCUT2D eigenvalue weighted by Gasteiger charge is -2.14. The van der Waals surface area contributed by atoms with Crippen molar-refractivity contribution in [3.8, 4) is 11.8 Å². The number of aromatic hydroxyl groups is 1. The summed E-state index contributed by atoms with van der Waals surface area (Å²) in [6, 6.07) is 9.27. The van der Waals surface area contributed by atoms with Gasteiger partial charge in [-0.3, -0.25) is 4.79 Å². The van der Waals surface area contributed by atoms with Gasteiger partial charge in [-0.15, -0.1) is 0 Å². The third kappa shape index (κ3) is 17.9. The van der Waals surface area contributed by atoms with Crippen LogP contribution in [0, 0.1) is 17.2 Å². The number of aryl methyl sites for hydroxylation is 1. The first-order valence-corrected chi connectivity index (χ1v) is 12.8. The Kier molecular flexibility index (Phi) is 20.3. The maximum atomic E-state index is 10.8. The lowest BCUT2D eigenvalue weighted by molar-refractivity contribution is -0.140. The number of nitrogens with zero attached hydrogens (tertiary/aromatic N) is 1. The van der Waals surface area contributed by atoms with Gasteiger partial charge in [0.1, 0.15) is 5.75 Å². The Labute approximate surface area is 216 Å². The molecule has 1 aliphatic rings. The molecule has 0 saturated heterocycles. The Morgan fingerprint density at radius 2 is 1.81 bits per heavy atom. The number of hydrogen-bond donors (Lipinski definition) is 2. The van der Waals surface area contributed by atoms with Crippen molar-refractivity contribution in [1.82, 2.24) is 0 Å². The van der Waals surface area contributed by atoms with Gasteiger partial charge in [-0.1, -0.05) is 37.1 Å². The number of carbonyl (C=O) groups is 1. The number of methoxy groups -OCH3 is 1. The number of aliphatic hydroxyl groups excluding tert-OH is 1. The smallest absolute Gasteiger partial charge is 0.305 e. The highest BCUT2D eigenvalue weighted by Crippen LogP contribution is 2.25. The minimum absolute atomic E-state index is 0.208. The molecule has 0 spiro atoms. The van der Waals surface area contributed by atoms with E-state index < -0.39 is 12.4 Å². The molecule has 8 nitrogen and oxygen atoms in total. The maximum absolute atomic E-state index is 10.8. The van der Waals surface area contributed by atoms with Crippen LogP contribution in [0.15, 0.2) is 36.4 Å². The number of phenolic OH excluding ortho intramolecular Hbond substituents is 1. The second kappa shape index (κ2) is 21.8. The molecular formula is C28H45NO7. The summed E-state index contributed by atoms with van der Waals surface area (Å²) in [6.45, 7) is 8.34. The van der Waals surface area contributed by atoms with Gasteiger partial charge in [-0.2, -0.15) is 5.26 Å². The van der Waals surface area contributed by atoms with Gasteiger partial charge < -0.3 is 29.2 Å². The zero-order valence-corrected chi connectivity index (χ0v) is 22.5. The number of esters is 1. The van der Waals surface area contributed by atoms with Crippen LogP contribution < -0.4 is 0 Å². The SMILES string of the molecule is CCOC(C)O.CCOC(C)OC(C#N)/C=C/C1CCCC1.COC(=O)CCCc1ccccc1O. The van der Waals surface area contributed by atoms with Gasteiger partial charge in [0.2, 0.25) is 0 Å². The van der Waals surface area contributed by atoms with E-state index in [9.17, 15) is 9.90 Å². The van der Waals surface area contributed by atoms with Gasteiger partial charge in [0.05, 0.1) is 13.2 Å². The molecule has 3 unspecified atom stereocenters. The fraction of sp³-hybridized carbons (Fsp3) is 0.643. The van der Waals surface area contributed by atoms with Crippen molar-refractivity contribution in [2.24, 2.45) is 5.92 Å². The van der Waals surface area contributed by atoms with Gasteiger partial charge in [0.15, 0.2) is 18.7 Å². The number of hydrogen-bond acceptors (Lipinski definition) is 8. The van der Waals surface area contributed by atoms with Crippen LogP contribution in [0.4, 0.5) is 0 Å². The molecule has 1 aromatic rings. The second-order valence-electron chi connectivity index (χ2n) is 8.25. The van der Waals surface area contributed by atoms with E-state index in [1.165, 1.54) is 32.8 Å². The number of para-hydroxylation sites is 1. The molecule has 0 amide bonds. The summed E-state index contributed by atoms with van der Waals surface area (Å²) in [6.07, 6.45) is 9.48. The lowest BCUT2D eigenvalue weighted by atomic mass is 10.1. The van der Waals surface area contributed by atoms with E-state index in [2.05, 4.69) is 21.6 Å². The Morgan fingerprint density at radius 1 is 1.17 bits per heavy atom. The van der Waals surface area contributed by atoms with E-state index in [0.29, 0.717) is 38.4 Å². The van der Waals surface area contributed by atoms with Crippen molar-refractivity contribution < 1.29 is 34.0 Å². The van der Waals surface area contributed by atoms with E-state index in [1.54, 1.807) is 19.1 Å². The summed E-state index contributed by atoms with van der Waals surface area (Å²) in [7, 11) is 1.38. The third-order valence-electron chi connectivity index (χ3n) is 5.28. The van der Waals surface area contributed by atoms with E-state index in [1.807, 2.05) is 39.0 Å². The molecule has 3 atom stereocenters. The summed E-state index contributed by atoms with van der Waals surface area (Å²) in [4.78, 5) is 10.8. The summed E-state index contributed by atoms with van der Waals surface area (Å²) < 4.78 is 19.8. The van der Waals surface area contributed by atoms with Crippen molar-refractivity contribution in [2.45, 2.75) is 91.3 Å². The third-order valence-corrected chi connectivity index (χ3v) is 5.28. The Hall–Kier alpha value is -2.44. The van der Waals surface area contributed by atoms with E-state index in [-0.39, 0.29) is 18.0 Å². The molecule has 0 heterocycles. The number of nitriles is 1. The number of carbonyl (C=O) groups excluding carboxylic acids is 1. The number of rotatable bonds is 12. The van der Waals surface area contributed by atoms with Gasteiger partial charge in [-0.05, 0) is 77.0 Å². The molecule has 8 heteroatoms. The molecule has 0 aromatic heterocycles. The van der Waals surface area contributed by atoms with Crippen LogP contribution in [0.25, 0.3) is 0 Å². The molecule has 204 valence electrons. The van der Waals surface area contributed by atoms with Crippen LogP contribution in [-0.2, 0) is 30.2 Å². The van der Waals surface area contributed by atoms with Gasteiger partial charge in [0, 0.05) is 19.6 Å². The first kappa shape index (κ1) is 33.6. The molecule has 1 aliphatic carbocycles. The first-order valence-electron chi connectivity index (χ1n) is 12.8. The lowest BCUT2D eigenvalue weighted by Crippen LogP contribution is -2.19. The van der Waals surface area contributed by atoms with Gasteiger partial charge in [-0.25, -0.2) is 0 Å². The second-order valence-corrected chi connectivity index (χ2v) is 8.25. The minimum Gasteiger partial charge on any atom is -0.508 e. The molecule has 0 bridgehead atoms. The van der Waals surface area contributed by atoms with Crippen LogP contribution in [0.3, 0.4) is 0 Å². The van der Waals surface area contributed by atoms with Crippen molar-refractivity contribution in [3.05, 3.63) is 42.0 Å². The van der Waals surface area contributed by atoms with Crippen molar-refractivity contribution >= 4 is 5.97 Å². The summed E-state index contributed by atoms with van der Waals surface area (Å²) in [5, 5.41) is 26.7. The largest absolute Gasteiger partial charge is 0.508 e. The van der Waals surface area contributed by atoms with E-state index in [0.717, 1.165) is 5.56 Å². The zero-order chi connectivity index (χ0) is 27.2. The Morgan fingerprint density at radius 3 is 2.31 bits per heavy atom. The summed E-state index contributed by atoms with van der Waals surface area (Å²) in [5.74, 6) is 0.722. The van der Waals surface area contributed by atoms with Crippen molar-refractivity contribution in [3.63, 3.8) is 0 Å². The predicted molar refractivity (Wildman–Crippen MR) is 139 cm³/mol.